The molecule has 0 aliphatic carbocycles. The molecule has 0 spiro atoms. The Morgan fingerprint density at radius 1 is 1.47 bits per heavy atom. The van der Waals surface area contributed by atoms with Crippen molar-refractivity contribution in [2.75, 3.05) is 18.4 Å². The number of aliphatic hydroxyl groups is 1. The first kappa shape index (κ1) is 14.5. The average molecular weight is 327 g/mol. The number of nitrogens with one attached hydrogen (secondary N) is 1. The van der Waals surface area contributed by atoms with E-state index < -0.39 is 0 Å². The van der Waals surface area contributed by atoms with Gasteiger partial charge >= 0.3 is 0 Å². The zero-order valence-electron chi connectivity index (χ0n) is 11.0. The van der Waals surface area contributed by atoms with E-state index in [4.69, 9.17) is 0 Å². The fourth-order valence-electron chi connectivity index (χ4n) is 2.25. The Bertz CT molecular complexity index is 445. The van der Waals surface area contributed by atoms with E-state index in [1.165, 1.54) is 0 Å². The topological polar surface area (TPSA) is 52.6 Å². The average Bonchev–Trinajstić information content (AvgIpc) is 2.39. The van der Waals surface area contributed by atoms with E-state index in [-0.39, 0.29) is 18.1 Å². The van der Waals surface area contributed by atoms with Crippen LogP contribution in [0.3, 0.4) is 0 Å². The van der Waals surface area contributed by atoms with Crippen molar-refractivity contribution < 1.29 is 9.90 Å². The Balaban J connectivity index is 1.92. The summed E-state index contributed by atoms with van der Waals surface area (Å²) in [4.78, 5) is 14.3. The van der Waals surface area contributed by atoms with E-state index >= 15 is 0 Å². The van der Waals surface area contributed by atoms with Gasteiger partial charge in [-0.1, -0.05) is 22.0 Å². The van der Waals surface area contributed by atoms with Gasteiger partial charge in [0.1, 0.15) is 0 Å². The van der Waals surface area contributed by atoms with Crippen LogP contribution < -0.4 is 5.32 Å². The lowest BCUT2D eigenvalue weighted by molar-refractivity contribution is -0.121. The maximum absolute atomic E-state index is 12.2. The molecule has 2 rings (SSSR count). The summed E-state index contributed by atoms with van der Waals surface area (Å²) >= 11 is 3.38. The molecule has 1 atom stereocenters. The number of likely N-dealkylation sites (tertiary alicyclic amines) is 1. The number of halogens is 1. The summed E-state index contributed by atoms with van der Waals surface area (Å²) < 4.78 is 0.944. The summed E-state index contributed by atoms with van der Waals surface area (Å²) in [5.41, 5.74) is 0.795. The molecular weight excluding hydrogens is 308 g/mol. The van der Waals surface area contributed by atoms with Crippen LogP contribution in [0.15, 0.2) is 28.7 Å². The highest BCUT2D eigenvalue weighted by Gasteiger charge is 2.25. The monoisotopic (exact) mass is 326 g/mol. The quantitative estimate of drug-likeness (QED) is 0.895. The number of piperidine rings is 1. The largest absolute Gasteiger partial charge is 0.393 e. The van der Waals surface area contributed by atoms with Crippen molar-refractivity contribution in [3.63, 3.8) is 0 Å². The number of nitrogens with zero attached hydrogens (tertiary/aromatic N) is 1. The first-order valence-corrected chi connectivity index (χ1v) is 7.34. The Morgan fingerprint density at radius 2 is 2.16 bits per heavy atom. The molecule has 1 fully saturated rings. The van der Waals surface area contributed by atoms with Gasteiger partial charge in [0.2, 0.25) is 5.91 Å². The lowest BCUT2D eigenvalue weighted by Crippen LogP contribution is -2.47. The molecule has 4 nitrogen and oxygen atoms in total. The second-order valence-corrected chi connectivity index (χ2v) is 5.86. The lowest BCUT2D eigenvalue weighted by atomic mass is 10.1. The second kappa shape index (κ2) is 6.50. The highest BCUT2D eigenvalue weighted by molar-refractivity contribution is 9.10. The van der Waals surface area contributed by atoms with Gasteiger partial charge in [-0.2, -0.15) is 0 Å². The van der Waals surface area contributed by atoms with Crippen molar-refractivity contribution in [1.29, 1.82) is 0 Å². The minimum absolute atomic E-state index is 0.00510. The highest BCUT2D eigenvalue weighted by atomic mass is 79.9. The predicted molar refractivity (Wildman–Crippen MR) is 79.0 cm³/mol. The normalized spacial score (nSPS) is 19.1. The van der Waals surface area contributed by atoms with Gasteiger partial charge in [0.05, 0.1) is 12.1 Å². The summed E-state index contributed by atoms with van der Waals surface area (Å²) in [5, 5.41) is 12.4. The third-order valence-corrected chi connectivity index (χ3v) is 4.01. The Hall–Kier alpha value is -0.910. The fraction of sp³-hybridized carbons (Fsp3) is 0.500. The van der Waals surface area contributed by atoms with Gasteiger partial charge in [0.25, 0.3) is 0 Å². The number of benzene rings is 1. The second-order valence-electron chi connectivity index (χ2n) is 4.94. The molecule has 104 valence electrons. The molecule has 1 unspecified atom stereocenters. The Morgan fingerprint density at radius 3 is 2.79 bits per heavy atom. The SMILES string of the molecule is CC(C(=O)Nc1cccc(Br)c1)N1CCC(O)CC1. The number of amides is 1. The lowest BCUT2D eigenvalue weighted by Gasteiger charge is -2.33. The van der Waals surface area contributed by atoms with Crippen molar-refractivity contribution in [3.05, 3.63) is 28.7 Å². The molecule has 1 heterocycles. The first-order valence-electron chi connectivity index (χ1n) is 6.55. The molecule has 2 N–H and O–H groups in total. The Labute approximate surface area is 121 Å². The number of hydrogen-bond acceptors (Lipinski definition) is 3. The van der Waals surface area contributed by atoms with Crippen LogP contribution in [0.1, 0.15) is 19.8 Å². The van der Waals surface area contributed by atoms with E-state index in [1.807, 2.05) is 31.2 Å². The summed E-state index contributed by atoms with van der Waals surface area (Å²) in [6, 6.07) is 7.39. The van der Waals surface area contributed by atoms with Gasteiger partial charge in [0, 0.05) is 23.2 Å². The zero-order chi connectivity index (χ0) is 13.8. The number of carbonyl (C=O) groups is 1. The number of anilines is 1. The first-order chi connectivity index (χ1) is 9.06. The van der Waals surface area contributed by atoms with Gasteiger partial charge in [-0.3, -0.25) is 9.69 Å². The zero-order valence-corrected chi connectivity index (χ0v) is 12.6. The molecule has 1 aliphatic heterocycles. The van der Waals surface area contributed by atoms with Crippen molar-refractivity contribution in [2.45, 2.75) is 31.9 Å². The van der Waals surface area contributed by atoms with Gasteiger partial charge < -0.3 is 10.4 Å². The van der Waals surface area contributed by atoms with Crippen LogP contribution in [0.5, 0.6) is 0 Å². The highest BCUT2D eigenvalue weighted by Crippen LogP contribution is 2.17. The molecule has 19 heavy (non-hydrogen) atoms. The van der Waals surface area contributed by atoms with Crippen molar-refractivity contribution >= 4 is 27.5 Å². The van der Waals surface area contributed by atoms with Crippen molar-refractivity contribution in [2.24, 2.45) is 0 Å². The van der Waals surface area contributed by atoms with Gasteiger partial charge in [0.15, 0.2) is 0 Å². The van der Waals surface area contributed by atoms with Crippen LogP contribution in [-0.4, -0.2) is 41.1 Å². The molecular formula is C14H19BrN2O2. The van der Waals surface area contributed by atoms with Crippen LogP contribution in [0.25, 0.3) is 0 Å². The molecule has 0 radical (unpaired) electrons. The van der Waals surface area contributed by atoms with Crippen molar-refractivity contribution in [1.82, 2.24) is 4.90 Å². The van der Waals surface area contributed by atoms with E-state index in [0.717, 1.165) is 36.1 Å². The molecule has 0 bridgehead atoms. The van der Waals surface area contributed by atoms with Gasteiger partial charge in [-0.05, 0) is 38.0 Å². The van der Waals surface area contributed by atoms with E-state index in [1.54, 1.807) is 0 Å². The number of hydrogen-bond donors (Lipinski definition) is 2. The smallest absolute Gasteiger partial charge is 0.241 e. The van der Waals surface area contributed by atoms with E-state index in [0.29, 0.717) is 0 Å². The maximum Gasteiger partial charge on any atom is 0.241 e. The molecule has 0 aromatic heterocycles. The van der Waals surface area contributed by atoms with Crippen LogP contribution in [-0.2, 0) is 4.79 Å². The molecule has 1 aromatic carbocycles. The van der Waals surface area contributed by atoms with E-state index in [2.05, 4.69) is 26.1 Å². The molecule has 0 saturated carbocycles. The minimum Gasteiger partial charge on any atom is -0.393 e. The van der Waals surface area contributed by atoms with Gasteiger partial charge in [-0.25, -0.2) is 0 Å². The van der Waals surface area contributed by atoms with E-state index in [9.17, 15) is 9.90 Å². The predicted octanol–water partition coefficient (Wildman–Crippen LogP) is 2.23. The van der Waals surface area contributed by atoms with Crippen LogP contribution in [0.2, 0.25) is 0 Å². The summed E-state index contributed by atoms with van der Waals surface area (Å²) in [6.07, 6.45) is 1.28. The summed E-state index contributed by atoms with van der Waals surface area (Å²) in [6.45, 7) is 3.45. The molecule has 1 amide bonds. The summed E-state index contributed by atoms with van der Waals surface area (Å²) in [7, 11) is 0. The Kier molecular flexibility index (Phi) is 4.96. The van der Waals surface area contributed by atoms with Crippen LogP contribution >= 0.6 is 15.9 Å². The molecule has 1 aliphatic rings. The number of carbonyl (C=O) groups excluding carboxylic acids is 1. The molecule has 5 heteroatoms. The molecule has 1 aromatic rings. The third-order valence-electron chi connectivity index (χ3n) is 3.52. The number of aliphatic hydroxyl groups excluding tert-OH is 1. The molecule has 1 saturated heterocycles. The van der Waals surface area contributed by atoms with Crippen LogP contribution in [0, 0.1) is 0 Å². The fourth-order valence-corrected chi connectivity index (χ4v) is 2.65. The number of rotatable bonds is 3. The maximum atomic E-state index is 12.2. The van der Waals surface area contributed by atoms with Crippen LogP contribution in [0.4, 0.5) is 5.69 Å². The van der Waals surface area contributed by atoms with Crippen molar-refractivity contribution in [3.8, 4) is 0 Å². The van der Waals surface area contributed by atoms with Gasteiger partial charge in [-0.15, -0.1) is 0 Å². The summed E-state index contributed by atoms with van der Waals surface area (Å²) in [5.74, 6) is -0.00510. The minimum atomic E-state index is -0.211. The standard InChI is InChI=1S/C14H19BrN2O2/c1-10(17-7-5-13(18)6-8-17)14(19)16-12-4-2-3-11(15)9-12/h2-4,9-10,13,18H,5-8H2,1H3,(H,16,19). The third kappa shape index (κ3) is 4.03.